The maximum atomic E-state index is 12.1. The molecule has 2 rings (SSSR count). The second-order valence-corrected chi connectivity index (χ2v) is 8.10. The predicted octanol–water partition coefficient (Wildman–Crippen LogP) is 3.34. The molecule has 0 spiro atoms. The van der Waals surface area contributed by atoms with Crippen molar-refractivity contribution in [2.75, 3.05) is 13.2 Å². The summed E-state index contributed by atoms with van der Waals surface area (Å²) in [7, 11) is -3.48. The van der Waals surface area contributed by atoms with Gasteiger partial charge in [0.15, 0.2) is 0 Å². The number of nitrogens with one attached hydrogen (secondary N) is 1. The molecule has 0 amide bonds. The number of hydrogen-bond acceptors (Lipinski definition) is 3. The van der Waals surface area contributed by atoms with Gasteiger partial charge in [0.05, 0.1) is 4.90 Å². The minimum Gasteiger partial charge on any atom is -0.492 e. The van der Waals surface area contributed by atoms with Gasteiger partial charge in [-0.15, -0.1) is 0 Å². The summed E-state index contributed by atoms with van der Waals surface area (Å²) in [6.07, 6.45) is 0. The van der Waals surface area contributed by atoms with Gasteiger partial charge in [-0.1, -0.05) is 51.1 Å². The minimum atomic E-state index is -3.48. The van der Waals surface area contributed by atoms with Crippen LogP contribution in [-0.4, -0.2) is 21.6 Å². The minimum absolute atomic E-state index is 0.0499. The Bertz CT molecular complexity index is 734. The van der Waals surface area contributed by atoms with Gasteiger partial charge in [-0.2, -0.15) is 0 Å². The molecule has 23 heavy (non-hydrogen) atoms. The average Bonchev–Trinajstić information content (AvgIpc) is 2.52. The first-order chi connectivity index (χ1) is 10.8. The van der Waals surface area contributed by atoms with Gasteiger partial charge >= 0.3 is 0 Å². The predicted molar refractivity (Wildman–Crippen MR) is 92.3 cm³/mol. The van der Waals surface area contributed by atoms with E-state index in [9.17, 15) is 8.42 Å². The molecule has 0 aliphatic rings. The molecular weight excluding hydrogens is 310 g/mol. The molecule has 0 aromatic heterocycles. The maximum Gasteiger partial charge on any atom is 0.240 e. The van der Waals surface area contributed by atoms with E-state index in [1.807, 2.05) is 18.2 Å². The summed E-state index contributed by atoms with van der Waals surface area (Å²) in [4.78, 5) is 0.259. The fourth-order valence-corrected chi connectivity index (χ4v) is 3.11. The van der Waals surface area contributed by atoms with Gasteiger partial charge < -0.3 is 4.74 Å². The van der Waals surface area contributed by atoms with Crippen molar-refractivity contribution in [2.45, 2.75) is 31.1 Å². The van der Waals surface area contributed by atoms with E-state index >= 15 is 0 Å². The Balaban J connectivity index is 1.89. The molecule has 0 bridgehead atoms. The molecule has 0 atom stereocenters. The molecule has 0 saturated heterocycles. The first kappa shape index (κ1) is 17.5. The fraction of sp³-hybridized carbons (Fsp3) is 0.333. The Kier molecular flexibility index (Phi) is 5.44. The van der Waals surface area contributed by atoms with Crippen LogP contribution < -0.4 is 9.46 Å². The summed E-state index contributed by atoms with van der Waals surface area (Å²) in [5.74, 6) is 0.747. The summed E-state index contributed by atoms with van der Waals surface area (Å²) in [6.45, 7) is 6.91. The van der Waals surface area contributed by atoms with Crippen molar-refractivity contribution in [3.63, 3.8) is 0 Å². The summed E-state index contributed by atoms with van der Waals surface area (Å²) >= 11 is 0. The lowest BCUT2D eigenvalue weighted by Gasteiger charge is -2.19. The first-order valence-electron chi connectivity index (χ1n) is 7.57. The van der Waals surface area contributed by atoms with Crippen molar-refractivity contribution in [3.8, 4) is 5.75 Å². The van der Waals surface area contributed by atoms with E-state index in [4.69, 9.17) is 4.74 Å². The molecule has 124 valence electrons. The van der Waals surface area contributed by atoms with Gasteiger partial charge in [0, 0.05) is 6.54 Å². The van der Waals surface area contributed by atoms with Gasteiger partial charge in [0.25, 0.3) is 0 Å². The second-order valence-electron chi connectivity index (χ2n) is 6.34. The standard InChI is InChI=1S/C18H23NO3S/c1-18(2,3)15-8-7-9-16(14-15)22-13-12-19-23(20,21)17-10-5-4-6-11-17/h4-11,14,19H,12-13H2,1-3H3. The highest BCUT2D eigenvalue weighted by Gasteiger charge is 2.14. The van der Waals surface area contributed by atoms with Crippen LogP contribution in [0.2, 0.25) is 0 Å². The van der Waals surface area contributed by atoms with Crippen molar-refractivity contribution in [1.29, 1.82) is 0 Å². The molecule has 0 unspecified atom stereocenters. The molecule has 5 heteroatoms. The van der Waals surface area contributed by atoms with Crippen molar-refractivity contribution >= 4 is 10.0 Å². The molecule has 2 aromatic rings. The highest BCUT2D eigenvalue weighted by atomic mass is 32.2. The van der Waals surface area contributed by atoms with Crippen LogP contribution in [0.3, 0.4) is 0 Å². The molecule has 0 fully saturated rings. The van der Waals surface area contributed by atoms with Crippen LogP contribution in [0.15, 0.2) is 59.5 Å². The van der Waals surface area contributed by atoms with E-state index in [2.05, 4.69) is 31.6 Å². The quantitative estimate of drug-likeness (QED) is 0.825. The summed E-state index contributed by atoms with van der Waals surface area (Å²) in [5.41, 5.74) is 1.23. The first-order valence-corrected chi connectivity index (χ1v) is 9.05. The summed E-state index contributed by atoms with van der Waals surface area (Å²) < 4.78 is 32.3. The lowest BCUT2D eigenvalue weighted by Crippen LogP contribution is -2.28. The van der Waals surface area contributed by atoms with Crippen molar-refractivity contribution in [1.82, 2.24) is 4.72 Å². The van der Waals surface area contributed by atoms with Gasteiger partial charge in [-0.05, 0) is 35.2 Å². The molecule has 2 aromatic carbocycles. The third-order valence-electron chi connectivity index (χ3n) is 3.42. The zero-order valence-electron chi connectivity index (χ0n) is 13.7. The second kappa shape index (κ2) is 7.15. The molecule has 0 aliphatic carbocycles. The van der Waals surface area contributed by atoms with Crippen LogP contribution in [0.25, 0.3) is 0 Å². The number of ether oxygens (including phenoxy) is 1. The van der Waals surface area contributed by atoms with Crippen LogP contribution in [0.5, 0.6) is 5.75 Å². The fourth-order valence-electron chi connectivity index (χ4n) is 2.08. The Morgan fingerprint density at radius 3 is 2.35 bits per heavy atom. The molecule has 1 N–H and O–H groups in total. The largest absolute Gasteiger partial charge is 0.492 e. The lowest BCUT2D eigenvalue weighted by atomic mass is 9.87. The molecule has 0 heterocycles. The summed E-state index contributed by atoms with van der Waals surface area (Å²) in [5, 5.41) is 0. The third kappa shape index (κ3) is 5.08. The Morgan fingerprint density at radius 2 is 1.70 bits per heavy atom. The Labute approximate surface area is 138 Å². The van der Waals surface area contributed by atoms with Crippen LogP contribution in [-0.2, 0) is 15.4 Å². The van der Waals surface area contributed by atoms with E-state index in [0.717, 1.165) is 5.75 Å². The normalized spacial score (nSPS) is 12.1. The number of benzene rings is 2. The number of sulfonamides is 1. The third-order valence-corrected chi connectivity index (χ3v) is 4.89. The van der Waals surface area contributed by atoms with Gasteiger partial charge in [0.2, 0.25) is 10.0 Å². The Morgan fingerprint density at radius 1 is 1.00 bits per heavy atom. The van der Waals surface area contributed by atoms with E-state index in [-0.39, 0.29) is 23.5 Å². The maximum absolute atomic E-state index is 12.1. The molecule has 4 nitrogen and oxygen atoms in total. The van der Waals surface area contributed by atoms with E-state index in [1.165, 1.54) is 5.56 Å². The van der Waals surface area contributed by atoms with Crippen molar-refractivity contribution in [2.24, 2.45) is 0 Å². The Hall–Kier alpha value is -1.85. The summed E-state index contributed by atoms with van der Waals surface area (Å²) in [6, 6.07) is 16.2. The SMILES string of the molecule is CC(C)(C)c1cccc(OCCNS(=O)(=O)c2ccccc2)c1. The number of rotatable bonds is 6. The zero-order chi connectivity index (χ0) is 16.9. The monoisotopic (exact) mass is 333 g/mol. The van der Waals surface area contributed by atoms with Gasteiger partial charge in [0.1, 0.15) is 12.4 Å². The molecule has 0 aliphatic heterocycles. The van der Waals surface area contributed by atoms with E-state index in [0.29, 0.717) is 0 Å². The number of hydrogen-bond donors (Lipinski definition) is 1. The molecule has 0 radical (unpaired) electrons. The highest BCUT2D eigenvalue weighted by molar-refractivity contribution is 7.89. The van der Waals surface area contributed by atoms with Gasteiger partial charge in [-0.25, -0.2) is 13.1 Å². The smallest absolute Gasteiger partial charge is 0.240 e. The highest BCUT2D eigenvalue weighted by Crippen LogP contribution is 2.25. The zero-order valence-corrected chi connectivity index (χ0v) is 14.6. The average molecular weight is 333 g/mol. The van der Waals surface area contributed by atoms with E-state index in [1.54, 1.807) is 30.3 Å². The van der Waals surface area contributed by atoms with Crippen LogP contribution >= 0.6 is 0 Å². The molecule has 0 saturated carbocycles. The van der Waals surface area contributed by atoms with Crippen LogP contribution in [0, 0.1) is 0 Å². The van der Waals surface area contributed by atoms with Gasteiger partial charge in [-0.3, -0.25) is 0 Å². The van der Waals surface area contributed by atoms with Crippen molar-refractivity contribution in [3.05, 3.63) is 60.2 Å². The van der Waals surface area contributed by atoms with Crippen LogP contribution in [0.1, 0.15) is 26.3 Å². The van der Waals surface area contributed by atoms with Crippen molar-refractivity contribution < 1.29 is 13.2 Å². The van der Waals surface area contributed by atoms with E-state index < -0.39 is 10.0 Å². The topological polar surface area (TPSA) is 55.4 Å². The molecular formula is C18H23NO3S. The van der Waals surface area contributed by atoms with Crippen LogP contribution in [0.4, 0.5) is 0 Å². The lowest BCUT2D eigenvalue weighted by molar-refractivity contribution is 0.322.